The number of hydrogen-bond acceptors (Lipinski definition) is 2. The van der Waals surface area contributed by atoms with Crippen molar-refractivity contribution in [3.8, 4) is 0 Å². The standard InChI is InChI=1S/C11H8ClNO/c1-7-4-9(6-14)13-11-3-2-8(12)5-10(7)11/h2-6H,1H3. The molecule has 0 saturated heterocycles. The molecule has 1 heterocycles. The van der Waals surface area contributed by atoms with E-state index >= 15 is 0 Å². The lowest BCUT2D eigenvalue weighted by Crippen LogP contribution is -1.90. The first kappa shape index (κ1) is 9.16. The highest BCUT2D eigenvalue weighted by Crippen LogP contribution is 2.21. The van der Waals surface area contributed by atoms with Crippen LogP contribution in [0.4, 0.5) is 0 Å². The second-order valence-corrected chi connectivity index (χ2v) is 3.58. The molecular weight excluding hydrogens is 198 g/mol. The van der Waals surface area contributed by atoms with Crippen molar-refractivity contribution in [1.29, 1.82) is 0 Å². The monoisotopic (exact) mass is 205 g/mol. The van der Waals surface area contributed by atoms with Crippen LogP contribution in [0.15, 0.2) is 24.3 Å². The van der Waals surface area contributed by atoms with Crippen molar-refractivity contribution in [2.45, 2.75) is 6.92 Å². The van der Waals surface area contributed by atoms with E-state index in [-0.39, 0.29) is 0 Å². The van der Waals surface area contributed by atoms with Crippen LogP contribution < -0.4 is 0 Å². The molecule has 1 aromatic carbocycles. The van der Waals surface area contributed by atoms with Crippen molar-refractivity contribution in [1.82, 2.24) is 4.98 Å². The summed E-state index contributed by atoms with van der Waals surface area (Å²) >= 11 is 5.87. The van der Waals surface area contributed by atoms with Gasteiger partial charge in [0.2, 0.25) is 0 Å². The highest BCUT2D eigenvalue weighted by atomic mass is 35.5. The summed E-state index contributed by atoms with van der Waals surface area (Å²) in [5.74, 6) is 0. The average Bonchev–Trinajstić information content (AvgIpc) is 2.19. The lowest BCUT2D eigenvalue weighted by Gasteiger charge is -2.02. The molecule has 3 heteroatoms. The molecule has 0 aliphatic heterocycles. The maximum Gasteiger partial charge on any atom is 0.168 e. The van der Waals surface area contributed by atoms with Crippen molar-refractivity contribution in [2.75, 3.05) is 0 Å². The van der Waals surface area contributed by atoms with Gasteiger partial charge in [-0.05, 0) is 36.8 Å². The number of hydrogen-bond donors (Lipinski definition) is 0. The molecule has 0 amide bonds. The van der Waals surface area contributed by atoms with Crippen LogP contribution in [0.2, 0.25) is 5.02 Å². The van der Waals surface area contributed by atoms with Gasteiger partial charge in [-0.15, -0.1) is 0 Å². The van der Waals surface area contributed by atoms with Crippen LogP contribution >= 0.6 is 11.6 Å². The second-order valence-electron chi connectivity index (χ2n) is 3.14. The zero-order valence-electron chi connectivity index (χ0n) is 7.62. The van der Waals surface area contributed by atoms with Gasteiger partial charge in [-0.1, -0.05) is 11.6 Å². The van der Waals surface area contributed by atoms with E-state index in [1.165, 1.54) is 0 Å². The fourth-order valence-electron chi connectivity index (χ4n) is 1.45. The van der Waals surface area contributed by atoms with Gasteiger partial charge in [-0.3, -0.25) is 4.79 Å². The minimum absolute atomic E-state index is 0.456. The molecule has 0 radical (unpaired) electrons. The smallest absolute Gasteiger partial charge is 0.168 e. The van der Waals surface area contributed by atoms with Crippen LogP contribution in [0.1, 0.15) is 16.1 Å². The lowest BCUT2D eigenvalue weighted by molar-refractivity contribution is 0.111. The highest BCUT2D eigenvalue weighted by Gasteiger charge is 2.02. The number of carbonyl (C=O) groups excluding carboxylic acids is 1. The first-order chi connectivity index (χ1) is 6.70. The molecular formula is C11H8ClNO. The van der Waals surface area contributed by atoms with Gasteiger partial charge in [0.05, 0.1) is 5.52 Å². The van der Waals surface area contributed by atoms with E-state index in [9.17, 15) is 4.79 Å². The predicted octanol–water partition coefficient (Wildman–Crippen LogP) is 3.01. The Morgan fingerprint density at radius 2 is 2.14 bits per heavy atom. The van der Waals surface area contributed by atoms with Crippen molar-refractivity contribution >= 4 is 28.8 Å². The zero-order valence-corrected chi connectivity index (χ0v) is 8.38. The van der Waals surface area contributed by atoms with E-state index in [0.717, 1.165) is 22.8 Å². The molecule has 0 unspecified atom stereocenters. The molecule has 0 atom stereocenters. The first-order valence-electron chi connectivity index (χ1n) is 4.23. The van der Waals surface area contributed by atoms with Crippen molar-refractivity contribution in [2.24, 2.45) is 0 Å². The van der Waals surface area contributed by atoms with Crippen LogP contribution in [-0.2, 0) is 0 Å². The molecule has 0 fully saturated rings. The van der Waals surface area contributed by atoms with Crippen LogP contribution in [0.5, 0.6) is 0 Å². The molecule has 0 aliphatic carbocycles. The molecule has 2 aromatic rings. The number of carbonyl (C=O) groups is 1. The Balaban J connectivity index is 2.82. The minimum Gasteiger partial charge on any atom is -0.296 e. The molecule has 14 heavy (non-hydrogen) atoms. The van der Waals surface area contributed by atoms with Gasteiger partial charge in [0, 0.05) is 10.4 Å². The molecule has 70 valence electrons. The van der Waals surface area contributed by atoms with E-state index < -0.39 is 0 Å². The van der Waals surface area contributed by atoms with Gasteiger partial charge in [0.25, 0.3) is 0 Å². The quantitative estimate of drug-likeness (QED) is 0.670. The third-order valence-electron chi connectivity index (χ3n) is 2.12. The molecule has 0 N–H and O–H groups in total. The highest BCUT2D eigenvalue weighted by molar-refractivity contribution is 6.31. The summed E-state index contributed by atoms with van der Waals surface area (Å²) in [4.78, 5) is 14.7. The number of aldehydes is 1. The summed E-state index contributed by atoms with van der Waals surface area (Å²) in [6, 6.07) is 7.20. The van der Waals surface area contributed by atoms with Gasteiger partial charge in [-0.25, -0.2) is 4.98 Å². The molecule has 0 saturated carbocycles. The third-order valence-corrected chi connectivity index (χ3v) is 2.35. The summed E-state index contributed by atoms with van der Waals surface area (Å²) in [6.45, 7) is 1.94. The summed E-state index contributed by atoms with van der Waals surface area (Å²) in [5, 5.41) is 1.67. The number of aryl methyl sites for hydroxylation is 1. The predicted molar refractivity (Wildman–Crippen MR) is 56.9 cm³/mol. The third kappa shape index (κ3) is 1.49. The van der Waals surface area contributed by atoms with Crippen LogP contribution in [-0.4, -0.2) is 11.3 Å². The van der Waals surface area contributed by atoms with E-state index in [2.05, 4.69) is 4.98 Å². The summed E-state index contributed by atoms with van der Waals surface area (Å²) in [6.07, 6.45) is 0.751. The van der Waals surface area contributed by atoms with E-state index in [4.69, 9.17) is 11.6 Å². The number of benzene rings is 1. The number of rotatable bonds is 1. The summed E-state index contributed by atoms with van der Waals surface area (Å²) < 4.78 is 0. The fraction of sp³-hybridized carbons (Fsp3) is 0.0909. The molecule has 1 aromatic heterocycles. The fourth-order valence-corrected chi connectivity index (χ4v) is 1.63. The number of nitrogens with zero attached hydrogens (tertiary/aromatic N) is 1. The molecule has 0 bridgehead atoms. The Kier molecular flexibility index (Phi) is 2.22. The molecule has 2 nitrogen and oxygen atoms in total. The molecule has 0 spiro atoms. The molecule has 0 aliphatic rings. The van der Waals surface area contributed by atoms with Gasteiger partial charge >= 0.3 is 0 Å². The van der Waals surface area contributed by atoms with Crippen molar-refractivity contribution in [3.63, 3.8) is 0 Å². The largest absolute Gasteiger partial charge is 0.296 e. The SMILES string of the molecule is Cc1cc(C=O)nc2ccc(Cl)cc12. The van der Waals surface area contributed by atoms with Gasteiger partial charge < -0.3 is 0 Å². The van der Waals surface area contributed by atoms with E-state index in [0.29, 0.717) is 10.7 Å². The maximum atomic E-state index is 10.6. The van der Waals surface area contributed by atoms with Gasteiger partial charge in [0.15, 0.2) is 6.29 Å². The van der Waals surface area contributed by atoms with Crippen molar-refractivity contribution in [3.05, 3.63) is 40.5 Å². The number of pyridine rings is 1. The average molecular weight is 206 g/mol. The number of aromatic nitrogens is 1. The minimum atomic E-state index is 0.456. The van der Waals surface area contributed by atoms with Crippen molar-refractivity contribution < 1.29 is 4.79 Å². The Bertz CT molecular complexity index is 508. The summed E-state index contributed by atoms with van der Waals surface area (Å²) in [5.41, 5.74) is 2.27. The Hall–Kier alpha value is -1.41. The van der Waals surface area contributed by atoms with Crippen LogP contribution in [0, 0.1) is 6.92 Å². The van der Waals surface area contributed by atoms with E-state index in [1.807, 2.05) is 19.1 Å². The van der Waals surface area contributed by atoms with E-state index in [1.54, 1.807) is 12.1 Å². The van der Waals surface area contributed by atoms with Crippen LogP contribution in [0.3, 0.4) is 0 Å². The normalized spacial score (nSPS) is 10.4. The first-order valence-corrected chi connectivity index (χ1v) is 4.60. The number of fused-ring (bicyclic) bond motifs is 1. The summed E-state index contributed by atoms with van der Waals surface area (Å²) in [7, 11) is 0. The zero-order chi connectivity index (χ0) is 10.1. The maximum absolute atomic E-state index is 10.6. The number of halogens is 1. The van der Waals surface area contributed by atoms with Crippen LogP contribution in [0.25, 0.3) is 10.9 Å². The molecule has 2 rings (SSSR count). The Labute approximate surface area is 86.5 Å². The topological polar surface area (TPSA) is 30.0 Å². The van der Waals surface area contributed by atoms with Gasteiger partial charge in [0.1, 0.15) is 5.69 Å². The lowest BCUT2D eigenvalue weighted by atomic mass is 10.1. The Morgan fingerprint density at radius 3 is 2.86 bits per heavy atom. The van der Waals surface area contributed by atoms with Gasteiger partial charge in [-0.2, -0.15) is 0 Å². The Morgan fingerprint density at radius 1 is 1.36 bits per heavy atom. The second kappa shape index (κ2) is 3.39.